The molecule has 1 unspecified atom stereocenters. The number of nitrogens with one attached hydrogen (secondary N) is 1. The summed E-state index contributed by atoms with van der Waals surface area (Å²) in [6, 6.07) is 12.4. The van der Waals surface area contributed by atoms with E-state index < -0.39 is 5.60 Å². The molecular formula is C28H33N3O2. The van der Waals surface area contributed by atoms with Crippen LogP contribution in [0.1, 0.15) is 72.1 Å². The molecule has 4 fully saturated rings. The van der Waals surface area contributed by atoms with Gasteiger partial charge in [0.2, 0.25) is 0 Å². The Morgan fingerprint density at radius 2 is 1.88 bits per heavy atom. The van der Waals surface area contributed by atoms with Gasteiger partial charge in [0, 0.05) is 31.1 Å². The van der Waals surface area contributed by atoms with Crippen LogP contribution < -0.4 is 5.32 Å². The van der Waals surface area contributed by atoms with Crippen LogP contribution in [-0.4, -0.2) is 52.2 Å². The first-order valence-corrected chi connectivity index (χ1v) is 12.4. The quantitative estimate of drug-likeness (QED) is 0.710. The number of amides is 1. The number of hydrogen-bond donors (Lipinski definition) is 2. The number of fused-ring (bicyclic) bond motifs is 3. The second-order valence-corrected chi connectivity index (χ2v) is 9.93. The predicted octanol–water partition coefficient (Wildman–Crippen LogP) is 3.54. The van der Waals surface area contributed by atoms with Crippen molar-refractivity contribution in [1.82, 2.24) is 15.2 Å². The first-order chi connectivity index (χ1) is 16.1. The van der Waals surface area contributed by atoms with Gasteiger partial charge in [0.05, 0.1) is 5.56 Å². The van der Waals surface area contributed by atoms with Gasteiger partial charge in [0.15, 0.2) is 0 Å². The number of pyridine rings is 1. The average molecular weight is 444 g/mol. The number of rotatable bonds is 4. The van der Waals surface area contributed by atoms with Crippen LogP contribution in [0.2, 0.25) is 0 Å². The summed E-state index contributed by atoms with van der Waals surface area (Å²) < 4.78 is 0. The van der Waals surface area contributed by atoms with Crippen molar-refractivity contribution in [3.05, 3.63) is 65.0 Å². The van der Waals surface area contributed by atoms with Gasteiger partial charge in [-0.05, 0) is 61.9 Å². The second-order valence-electron chi connectivity index (χ2n) is 9.93. The first-order valence-electron chi connectivity index (χ1n) is 12.4. The molecule has 3 saturated heterocycles. The molecule has 6 rings (SSSR count). The second kappa shape index (κ2) is 9.67. The monoisotopic (exact) mass is 443 g/mol. The largest absolute Gasteiger partial charge is 0.376 e. The zero-order valence-corrected chi connectivity index (χ0v) is 19.2. The van der Waals surface area contributed by atoms with Gasteiger partial charge < -0.3 is 10.4 Å². The zero-order valence-electron chi connectivity index (χ0n) is 19.2. The molecule has 1 aliphatic carbocycles. The maximum absolute atomic E-state index is 12.9. The minimum Gasteiger partial charge on any atom is -0.376 e. The summed E-state index contributed by atoms with van der Waals surface area (Å²) in [5.74, 6) is 6.57. The van der Waals surface area contributed by atoms with E-state index in [9.17, 15) is 9.90 Å². The molecule has 172 valence electrons. The summed E-state index contributed by atoms with van der Waals surface area (Å²) in [6.07, 6.45) is 10.00. The van der Waals surface area contributed by atoms with Crippen molar-refractivity contribution in [2.75, 3.05) is 19.6 Å². The fourth-order valence-corrected chi connectivity index (χ4v) is 5.56. The molecule has 4 heterocycles. The van der Waals surface area contributed by atoms with Crippen LogP contribution in [0.4, 0.5) is 0 Å². The lowest BCUT2D eigenvalue weighted by molar-refractivity contribution is -0.0713. The van der Waals surface area contributed by atoms with Gasteiger partial charge in [0.1, 0.15) is 11.3 Å². The number of hydrogen-bond acceptors (Lipinski definition) is 4. The zero-order chi connectivity index (χ0) is 22.7. The lowest BCUT2D eigenvalue weighted by Gasteiger charge is -2.47. The third-order valence-electron chi connectivity index (χ3n) is 7.53. The Bertz CT molecular complexity index is 1040. The number of carbonyl (C=O) groups excluding carboxylic acids is 1. The van der Waals surface area contributed by atoms with E-state index in [2.05, 4.69) is 39.2 Å². The molecule has 1 saturated carbocycles. The van der Waals surface area contributed by atoms with Crippen molar-refractivity contribution in [3.8, 4) is 11.8 Å². The van der Waals surface area contributed by atoms with Crippen molar-refractivity contribution in [2.24, 2.45) is 5.92 Å². The van der Waals surface area contributed by atoms with Crippen LogP contribution in [0.25, 0.3) is 0 Å². The van der Waals surface area contributed by atoms with Gasteiger partial charge in [-0.1, -0.05) is 55.5 Å². The number of aliphatic hydroxyl groups is 1. The van der Waals surface area contributed by atoms with Gasteiger partial charge in [-0.15, -0.1) is 0 Å². The van der Waals surface area contributed by atoms with Crippen LogP contribution in [0.3, 0.4) is 0 Å². The fourth-order valence-electron chi connectivity index (χ4n) is 5.56. The molecule has 2 aromatic rings. The molecule has 1 atom stereocenters. The Balaban J connectivity index is 1.41. The third-order valence-corrected chi connectivity index (χ3v) is 7.53. The van der Waals surface area contributed by atoms with E-state index in [4.69, 9.17) is 0 Å². The highest BCUT2D eigenvalue weighted by molar-refractivity contribution is 5.94. The summed E-state index contributed by atoms with van der Waals surface area (Å²) >= 11 is 0. The van der Waals surface area contributed by atoms with E-state index in [-0.39, 0.29) is 17.9 Å². The molecular weight excluding hydrogens is 410 g/mol. The number of carbonyl (C=O) groups is 1. The van der Waals surface area contributed by atoms with Gasteiger partial charge in [-0.2, -0.15) is 0 Å². The van der Waals surface area contributed by atoms with E-state index in [0.29, 0.717) is 24.2 Å². The number of nitrogens with zero attached hydrogens (tertiary/aromatic N) is 2. The Morgan fingerprint density at radius 1 is 1.12 bits per heavy atom. The average Bonchev–Trinajstić information content (AvgIpc) is 2.85. The van der Waals surface area contributed by atoms with E-state index in [1.165, 1.54) is 19.3 Å². The standard InChI is InChI=1S/C28H33N3O2/c32-27(30-25-9-5-2-6-10-25)23-18-22(17-21-7-3-1-4-8-21)26(29-19-23)11-14-28(33)20-31-15-12-24(28)13-16-31/h1,3-4,7-8,18-19,24-25,33H,2,5-6,9-10,12-13,15-17,20H2,(H,30,32). The van der Waals surface area contributed by atoms with Crippen molar-refractivity contribution >= 4 is 5.91 Å². The van der Waals surface area contributed by atoms with Crippen LogP contribution in [0.15, 0.2) is 42.6 Å². The van der Waals surface area contributed by atoms with Gasteiger partial charge >= 0.3 is 0 Å². The number of piperidine rings is 3. The highest BCUT2D eigenvalue weighted by Gasteiger charge is 2.44. The molecule has 1 amide bonds. The summed E-state index contributed by atoms with van der Waals surface area (Å²) in [4.78, 5) is 19.8. The summed E-state index contributed by atoms with van der Waals surface area (Å²) in [5.41, 5.74) is 2.33. The van der Waals surface area contributed by atoms with Crippen LogP contribution in [-0.2, 0) is 6.42 Å². The molecule has 4 aliphatic rings. The molecule has 2 bridgehead atoms. The molecule has 3 aliphatic heterocycles. The molecule has 5 nitrogen and oxygen atoms in total. The van der Waals surface area contributed by atoms with E-state index in [1.807, 2.05) is 24.3 Å². The fraction of sp³-hybridized carbons (Fsp3) is 0.500. The Labute approximate surface area is 196 Å². The topological polar surface area (TPSA) is 65.5 Å². The number of aromatic nitrogens is 1. The van der Waals surface area contributed by atoms with Crippen molar-refractivity contribution < 1.29 is 9.90 Å². The van der Waals surface area contributed by atoms with Crippen LogP contribution in [0, 0.1) is 17.8 Å². The lowest BCUT2D eigenvalue weighted by atomic mass is 9.76. The number of benzene rings is 1. The van der Waals surface area contributed by atoms with E-state index in [0.717, 1.165) is 49.9 Å². The smallest absolute Gasteiger partial charge is 0.253 e. The van der Waals surface area contributed by atoms with Gasteiger partial charge in [-0.3, -0.25) is 9.69 Å². The Hall–Kier alpha value is -2.68. The SMILES string of the molecule is O=C(NC1CCCCC1)c1cnc(C#CC2(O)CN3CCC2CC3)c(Cc2ccccc2)c1. The van der Waals surface area contributed by atoms with Crippen LogP contribution >= 0.6 is 0 Å². The summed E-state index contributed by atoms with van der Waals surface area (Å²) in [5, 5.41) is 14.4. The molecule has 1 aromatic heterocycles. The predicted molar refractivity (Wildman–Crippen MR) is 129 cm³/mol. The summed E-state index contributed by atoms with van der Waals surface area (Å²) in [6.45, 7) is 2.72. The van der Waals surface area contributed by atoms with Crippen molar-refractivity contribution in [1.29, 1.82) is 0 Å². The molecule has 2 N–H and O–H groups in total. The highest BCUT2D eigenvalue weighted by atomic mass is 16.3. The molecule has 1 aromatic carbocycles. The van der Waals surface area contributed by atoms with Gasteiger partial charge in [0.25, 0.3) is 5.91 Å². The summed E-state index contributed by atoms with van der Waals surface area (Å²) in [7, 11) is 0. The highest BCUT2D eigenvalue weighted by Crippen LogP contribution is 2.35. The van der Waals surface area contributed by atoms with E-state index in [1.54, 1.807) is 6.20 Å². The van der Waals surface area contributed by atoms with Crippen LogP contribution in [0.5, 0.6) is 0 Å². The molecule has 0 spiro atoms. The maximum Gasteiger partial charge on any atom is 0.253 e. The van der Waals surface area contributed by atoms with Crippen molar-refractivity contribution in [3.63, 3.8) is 0 Å². The molecule has 0 radical (unpaired) electrons. The molecule has 5 heteroatoms. The maximum atomic E-state index is 12.9. The van der Waals surface area contributed by atoms with Crippen molar-refractivity contribution in [2.45, 2.75) is 63.0 Å². The van der Waals surface area contributed by atoms with E-state index >= 15 is 0 Å². The first kappa shape index (κ1) is 22.1. The minimum absolute atomic E-state index is 0.0563. The normalized spacial score (nSPS) is 26.9. The Kier molecular flexibility index (Phi) is 6.48. The minimum atomic E-state index is -0.973. The molecule has 33 heavy (non-hydrogen) atoms. The lowest BCUT2D eigenvalue weighted by Crippen LogP contribution is -2.58. The third kappa shape index (κ3) is 5.13. The Morgan fingerprint density at radius 3 is 2.58 bits per heavy atom. The van der Waals surface area contributed by atoms with Gasteiger partial charge in [-0.25, -0.2) is 4.98 Å².